The molecular weight excluding hydrogens is 252 g/mol. The summed E-state index contributed by atoms with van der Waals surface area (Å²) < 4.78 is 0. The summed E-state index contributed by atoms with van der Waals surface area (Å²) in [5.74, 6) is -0.460. The van der Waals surface area contributed by atoms with Crippen molar-refractivity contribution in [3.05, 3.63) is 24.3 Å². The summed E-state index contributed by atoms with van der Waals surface area (Å²) in [5, 5.41) is 5.41. The van der Waals surface area contributed by atoms with Gasteiger partial charge in [0, 0.05) is 16.8 Å². The Balaban J connectivity index is 2.77. The Labute approximate surface area is 112 Å². The normalized spacial score (nSPS) is 10.9. The lowest BCUT2D eigenvalue weighted by molar-refractivity contribution is -0.123. The van der Waals surface area contributed by atoms with Crippen molar-refractivity contribution < 1.29 is 9.59 Å². The van der Waals surface area contributed by atoms with E-state index in [0.29, 0.717) is 11.4 Å². The first kappa shape index (κ1) is 14.5. The SMILES string of the molecule is CC(C)(C)C(=O)Nc1cccc(NC(=O)CCl)c1. The van der Waals surface area contributed by atoms with E-state index in [0.717, 1.165) is 0 Å². The number of rotatable bonds is 3. The number of halogens is 1. The number of anilines is 2. The quantitative estimate of drug-likeness (QED) is 0.828. The minimum Gasteiger partial charge on any atom is -0.326 e. The van der Waals surface area contributed by atoms with Crippen LogP contribution in [-0.2, 0) is 9.59 Å². The molecule has 2 amide bonds. The van der Waals surface area contributed by atoms with Crippen molar-refractivity contribution in [2.75, 3.05) is 16.5 Å². The third-order valence-corrected chi connectivity index (χ3v) is 2.45. The number of nitrogens with one attached hydrogen (secondary N) is 2. The molecule has 0 radical (unpaired) electrons. The highest BCUT2D eigenvalue weighted by Crippen LogP contribution is 2.19. The largest absolute Gasteiger partial charge is 0.326 e. The van der Waals surface area contributed by atoms with Gasteiger partial charge in [-0.25, -0.2) is 0 Å². The standard InChI is InChI=1S/C13H17ClN2O2/c1-13(2,3)12(18)16-10-6-4-5-9(7-10)15-11(17)8-14/h4-7H,8H2,1-3H3,(H,15,17)(H,16,18). The molecule has 0 fully saturated rings. The van der Waals surface area contributed by atoms with E-state index in [9.17, 15) is 9.59 Å². The van der Waals surface area contributed by atoms with Crippen molar-refractivity contribution in [1.29, 1.82) is 0 Å². The van der Waals surface area contributed by atoms with Crippen LogP contribution in [0.2, 0.25) is 0 Å². The van der Waals surface area contributed by atoms with Gasteiger partial charge in [-0.3, -0.25) is 9.59 Å². The summed E-state index contributed by atoms with van der Waals surface area (Å²) in [5.41, 5.74) is 0.782. The highest BCUT2D eigenvalue weighted by atomic mass is 35.5. The van der Waals surface area contributed by atoms with Crippen molar-refractivity contribution in [2.45, 2.75) is 20.8 Å². The summed E-state index contributed by atoms with van der Waals surface area (Å²) in [6, 6.07) is 6.94. The molecule has 5 heteroatoms. The van der Waals surface area contributed by atoms with Gasteiger partial charge in [-0.15, -0.1) is 11.6 Å². The average Bonchev–Trinajstić information content (AvgIpc) is 2.28. The molecule has 0 heterocycles. The molecule has 0 aliphatic heterocycles. The van der Waals surface area contributed by atoms with Crippen molar-refractivity contribution in [3.8, 4) is 0 Å². The maximum atomic E-state index is 11.8. The fourth-order valence-electron chi connectivity index (χ4n) is 1.19. The van der Waals surface area contributed by atoms with E-state index in [1.54, 1.807) is 24.3 Å². The second kappa shape index (κ2) is 5.87. The second-order valence-corrected chi connectivity index (χ2v) is 5.23. The van der Waals surface area contributed by atoms with E-state index in [4.69, 9.17) is 11.6 Å². The molecule has 0 aliphatic rings. The third-order valence-electron chi connectivity index (χ3n) is 2.21. The van der Waals surface area contributed by atoms with Crippen LogP contribution in [-0.4, -0.2) is 17.7 Å². The van der Waals surface area contributed by atoms with Crippen LogP contribution in [0, 0.1) is 5.41 Å². The molecule has 0 atom stereocenters. The van der Waals surface area contributed by atoms with Crippen molar-refractivity contribution >= 4 is 34.8 Å². The summed E-state index contributed by atoms with van der Waals surface area (Å²) in [6.07, 6.45) is 0. The minimum absolute atomic E-state index is 0.0803. The molecule has 0 saturated carbocycles. The highest BCUT2D eigenvalue weighted by Gasteiger charge is 2.21. The number of hydrogen-bond donors (Lipinski definition) is 2. The molecule has 1 rings (SSSR count). The van der Waals surface area contributed by atoms with Crippen molar-refractivity contribution in [1.82, 2.24) is 0 Å². The molecule has 0 spiro atoms. The lowest BCUT2D eigenvalue weighted by Crippen LogP contribution is -2.27. The fraction of sp³-hybridized carbons (Fsp3) is 0.385. The van der Waals surface area contributed by atoms with Gasteiger partial charge >= 0.3 is 0 Å². The van der Waals surface area contributed by atoms with Gasteiger partial charge in [-0.05, 0) is 18.2 Å². The summed E-state index contributed by atoms with van der Waals surface area (Å²) in [4.78, 5) is 22.9. The predicted octanol–water partition coefficient (Wildman–Crippen LogP) is 2.85. The average molecular weight is 269 g/mol. The van der Waals surface area contributed by atoms with Gasteiger partial charge in [0.1, 0.15) is 5.88 Å². The lowest BCUT2D eigenvalue weighted by atomic mass is 9.95. The van der Waals surface area contributed by atoms with Crippen LogP contribution >= 0.6 is 11.6 Å². The van der Waals surface area contributed by atoms with Gasteiger partial charge in [0.05, 0.1) is 0 Å². The van der Waals surface area contributed by atoms with Crippen LogP contribution in [0.25, 0.3) is 0 Å². The molecule has 98 valence electrons. The number of benzene rings is 1. The topological polar surface area (TPSA) is 58.2 Å². The van der Waals surface area contributed by atoms with Gasteiger partial charge < -0.3 is 10.6 Å². The zero-order valence-electron chi connectivity index (χ0n) is 10.7. The second-order valence-electron chi connectivity index (χ2n) is 4.97. The maximum absolute atomic E-state index is 11.8. The Hall–Kier alpha value is -1.55. The van der Waals surface area contributed by atoms with E-state index in [1.807, 2.05) is 20.8 Å². The van der Waals surface area contributed by atoms with E-state index in [1.165, 1.54) is 0 Å². The van der Waals surface area contributed by atoms with Crippen LogP contribution in [0.3, 0.4) is 0 Å². The molecule has 2 N–H and O–H groups in total. The number of alkyl halides is 1. The first-order chi connectivity index (χ1) is 8.32. The number of amides is 2. The lowest BCUT2D eigenvalue weighted by Gasteiger charge is -2.18. The van der Waals surface area contributed by atoms with E-state index < -0.39 is 5.41 Å². The number of carbonyl (C=O) groups excluding carboxylic acids is 2. The van der Waals surface area contributed by atoms with Crippen molar-refractivity contribution in [3.63, 3.8) is 0 Å². The van der Waals surface area contributed by atoms with Gasteiger partial charge in [0.15, 0.2) is 0 Å². The van der Waals surface area contributed by atoms with Gasteiger partial charge in [0.2, 0.25) is 11.8 Å². The van der Waals surface area contributed by atoms with Gasteiger partial charge in [-0.2, -0.15) is 0 Å². The smallest absolute Gasteiger partial charge is 0.239 e. The van der Waals surface area contributed by atoms with Crippen LogP contribution in [0.5, 0.6) is 0 Å². The molecule has 0 unspecified atom stereocenters. The van der Waals surface area contributed by atoms with Crippen LogP contribution in [0.15, 0.2) is 24.3 Å². The molecule has 1 aromatic carbocycles. The van der Waals surface area contributed by atoms with Crippen LogP contribution in [0.4, 0.5) is 11.4 Å². The first-order valence-electron chi connectivity index (χ1n) is 5.60. The van der Waals surface area contributed by atoms with E-state index in [-0.39, 0.29) is 17.7 Å². The predicted molar refractivity (Wildman–Crippen MR) is 73.9 cm³/mol. The Morgan fingerprint density at radius 2 is 1.72 bits per heavy atom. The zero-order chi connectivity index (χ0) is 13.8. The molecule has 0 saturated heterocycles. The molecule has 1 aromatic rings. The van der Waals surface area contributed by atoms with Crippen LogP contribution < -0.4 is 10.6 Å². The molecule has 0 bridgehead atoms. The molecule has 0 aliphatic carbocycles. The number of hydrogen-bond acceptors (Lipinski definition) is 2. The van der Waals surface area contributed by atoms with Crippen LogP contribution in [0.1, 0.15) is 20.8 Å². The molecule has 0 aromatic heterocycles. The summed E-state index contributed by atoms with van der Waals surface area (Å²) in [6.45, 7) is 5.50. The third kappa shape index (κ3) is 4.37. The monoisotopic (exact) mass is 268 g/mol. The molecular formula is C13H17ClN2O2. The fourth-order valence-corrected chi connectivity index (χ4v) is 1.25. The van der Waals surface area contributed by atoms with Crippen molar-refractivity contribution in [2.24, 2.45) is 5.41 Å². The summed E-state index contributed by atoms with van der Waals surface area (Å²) in [7, 11) is 0. The molecule has 4 nitrogen and oxygen atoms in total. The van der Waals surface area contributed by atoms with Gasteiger partial charge in [0.25, 0.3) is 0 Å². The minimum atomic E-state index is -0.463. The maximum Gasteiger partial charge on any atom is 0.239 e. The Kier molecular flexibility index (Phi) is 4.73. The Morgan fingerprint density at radius 3 is 2.22 bits per heavy atom. The van der Waals surface area contributed by atoms with E-state index in [2.05, 4.69) is 10.6 Å². The first-order valence-corrected chi connectivity index (χ1v) is 6.13. The Morgan fingerprint density at radius 1 is 1.17 bits per heavy atom. The zero-order valence-corrected chi connectivity index (χ0v) is 11.5. The van der Waals surface area contributed by atoms with E-state index >= 15 is 0 Å². The number of carbonyl (C=O) groups is 2. The highest BCUT2D eigenvalue weighted by molar-refractivity contribution is 6.29. The molecule has 18 heavy (non-hydrogen) atoms. The Bertz CT molecular complexity index is 453. The summed E-state index contributed by atoms with van der Waals surface area (Å²) >= 11 is 5.40. The van der Waals surface area contributed by atoms with Gasteiger partial charge in [-0.1, -0.05) is 26.8 Å².